The number of alkyl halides is 3. The highest BCUT2D eigenvalue weighted by Gasteiger charge is 2.30. The lowest BCUT2D eigenvalue weighted by molar-refractivity contribution is -0.137. The van der Waals surface area contributed by atoms with Crippen molar-refractivity contribution >= 4 is 12.2 Å². The molecule has 0 radical (unpaired) electrons. The zero-order chi connectivity index (χ0) is 19.4. The van der Waals surface area contributed by atoms with Crippen molar-refractivity contribution in [2.24, 2.45) is 0 Å². The van der Waals surface area contributed by atoms with Gasteiger partial charge in [0, 0.05) is 12.6 Å². The van der Waals surface area contributed by atoms with Crippen LogP contribution in [0.3, 0.4) is 0 Å². The fourth-order valence-electron chi connectivity index (χ4n) is 2.95. The average molecular weight is 369 g/mol. The van der Waals surface area contributed by atoms with E-state index in [-0.39, 0.29) is 12.1 Å². The van der Waals surface area contributed by atoms with Crippen LogP contribution in [0.1, 0.15) is 57.6 Å². The Morgan fingerprint density at radius 1 is 1.19 bits per heavy atom. The van der Waals surface area contributed by atoms with E-state index in [1.54, 1.807) is 11.0 Å². The van der Waals surface area contributed by atoms with Crippen molar-refractivity contribution in [1.82, 2.24) is 4.90 Å². The van der Waals surface area contributed by atoms with E-state index in [4.69, 9.17) is 4.74 Å². The van der Waals surface area contributed by atoms with Crippen LogP contribution >= 0.6 is 0 Å². The first kappa shape index (κ1) is 20.3. The topological polar surface area (TPSA) is 29.5 Å². The van der Waals surface area contributed by atoms with E-state index in [1.807, 2.05) is 26.8 Å². The van der Waals surface area contributed by atoms with E-state index >= 15 is 0 Å². The molecular weight excluding hydrogens is 343 g/mol. The minimum atomic E-state index is -4.32. The van der Waals surface area contributed by atoms with E-state index < -0.39 is 17.3 Å². The molecule has 0 N–H and O–H groups in total. The van der Waals surface area contributed by atoms with Crippen LogP contribution in [-0.2, 0) is 10.9 Å². The van der Waals surface area contributed by atoms with Crippen LogP contribution in [0, 0.1) is 0 Å². The van der Waals surface area contributed by atoms with E-state index in [2.05, 4.69) is 0 Å². The van der Waals surface area contributed by atoms with Gasteiger partial charge < -0.3 is 9.64 Å². The van der Waals surface area contributed by atoms with Gasteiger partial charge in [-0.3, -0.25) is 0 Å². The molecule has 0 saturated carbocycles. The molecule has 1 aliphatic heterocycles. The van der Waals surface area contributed by atoms with Gasteiger partial charge in [-0.15, -0.1) is 0 Å². The quantitative estimate of drug-likeness (QED) is 0.664. The maximum Gasteiger partial charge on any atom is 0.416 e. The molecule has 0 bridgehead atoms. The zero-order valence-corrected chi connectivity index (χ0v) is 15.5. The van der Waals surface area contributed by atoms with Gasteiger partial charge in [0.15, 0.2) is 0 Å². The number of rotatable bonds is 3. The third-order valence-corrected chi connectivity index (χ3v) is 4.21. The van der Waals surface area contributed by atoms with Crippen LogP contribution in [0.4, 0.5) is 18.0 Å². The number of carbonyl (C=O) groups excluding carboxylic acids is 1. The molecule has 1 aromatic rings. The first-order valence-corrected chi connectivity index (χ1v) is 8.90. The van der Waals surface area contributed by atoms with Crippen molar-refractivity contribution in [1.29, 1.82) is 0 Å². The maximum atomic E-state index is 12.6. The van der Waals surface area contributed by atoms with Crippen LogP contribution < -0.4 is 0 Å². The summed E-state index contributed by atoms with van der Waals surface area (Å²) in [5.74, 6) is 0. The maximum absolute atomic E-state index is 12.6. The van der Waals surface area contributed by atoms with Crippen molar-refractivity contribution in [2.75, 3.05) is 6.54 Å². The van der Waals surface area contributed by atoms with Gasteiger partial charge in [0.25, 0.3) is 0 Å². The predicted octanol–water partition coefficient (Wildman–Crippen LogP) is 5.90. The summed E-state index contributed by atoms with van der Waals surface area (Å²) in [6, 6.07) is 5.11. The SMILES string of the molecule is CC(C)(C)OC(=O)N1CCCCC1C/C=C/c1ccc(C(F)(F)F)cc1. The summed E-state index contributed by atoms with van der Waals surface area (Å²) in [5.41, 5.74) is -0.481. The Bertz CT molecular complexity index is 630. The smallest absolute Gasteiger partial charge is 0.416 e. The Kier molecular flexibility index (Phi) is 6.37. The molecule has 0 aliphatic carbocycles. The second kappa shape index (κ2) is 8.14. The van der Waals surface area contributed by atoms with Crippen LogP contribution in [0.2, 0.25) is 0 Å². The van der Waals surface area contributed by atoms with Crippen LogP contribution in [0.5, 0.6) is 0 Å². The zero-order valence-electron chi connectivity index (χ0n) is 15.5. The summed E-state index contributed by atoms with van der Waals surface area (Å²) in [6.07, 6.45) is 2.65. The predicted molar refractivity (Wildman–Crippen MR) is 95.7 cm³/mol. The van der Waals surface area contributed by atoms with Crippen molar-refractivity contribution in [3.63, 3.8) is 0 Å². The summed E-state index contributed by atoms with van der Waals surface area (Å²) >= 11 is 0. The van der Waals surface area contributed by atoms with E-state index in [0.29, 0.717) is 18.5 Å². The molecule has 2 rings (SSSR count). The number of hydrogen-bond acceptors (Lipinski definition) is 2. The highest BCUT2D eigenvalue weighted by atomic mass is 19.4. The van der Waals surface area contributed by atoms with Crippen LogP contribution in [0.25, 0.3) is 6.08 Å². The van der Waals surface area contributed by atoms with E-state index in [0.717, 1.165) is 31.4 Å². The molecule has 1 amide bonds. The van der Waals surface area contributed by atoms with Crippen LogP contribution in [-0.4, -0.2) is 29.2 Å². The van der Waals surface area contributed by atoms with Gasteiger partial charge in [-0.05, 0) is 64.2 Å². The monoisotopic (exact) mass is 369 g/mol. The molecular formula is C20H26F3NO2. The molecule has 1 heterocycles. The van der Waals surface area contributed by atoms with Gasteiger partial charge in [0.05, 0.1) is 5.56 Å². The Labute approximate surface area is 152 Å². The molecule has 0 aromatic heterocycles. The Morgan fingerprint density at radius 3 is 2.42 bits per heavy atom. The molecule has 1 saturated heterocycles. The summed E-state index contributed by atoms with van der Waals surface area (Å²) in [4.78, 5) is 14.1. The number of halogens is 3. The third-order valence-electron chi connectivity index (χ3n) is 4.21. The fraction of sp³-hybridized carbons (Fsp3) is 0.550. The summed E-state index contributed by atoms with van der Waals surface area (Å²) < 4.78 is 43.2. The molecule has 144 valence electrons. The van der Waals surface area contributed by atoms with E-state index in [9.17, 15) is 18.0 Å². The minimum absolute atomic E-state index is 0.0595. The molecule has 3 nitrogen and oxygen atoms in total. The Hall–Kier alpha value is -1.98. The summed E-state index contributed by atoms with van der Waals surface area (Å²) in [6.45, 7) is 6.20. The Morgan fingerprint density at radius 2 is 1.85 bits per heavy atom. The molecule has 1 unspecified atom stereocenters. The number of piperidine rings is 1. The van der Waals surface area contributed by atoms with Crippen molar-refractivity contribution in [3.8, 4) is 0 Å². The third kappa shape index (κ3) is 6.07. The number of likely N-dealkylation sites (tertiary alicyclic amines) is 1. The molecule has 26 heavy (non-hydrogen) atoms. The van der Waals surface area contributed by atoms with Gasteiger partial charge in [0.2, 0.25) is 0 Å². The highest BCUT2D eigenvalue weighted by molar-refractivity contribution is 5.68. The molecule has 1 aliphatic rings. The van der Waals surface area contributed by atoms with Gasteiger partial charge in [0.1, 0.15) is 5.60 Å². The van der Waals surface area contributed by atoms with Crippen molar-refractivity contribution in [2.45, 2.75) is 64.3 Å². The standard InChI is InChI=1S/C20H26F3NO2/c1-19(2,3)26-18(25)24-14-5-4-8-17(24)9-6-7-15-10-12-16(13-11-15)20(21,22)23/h6-7,10-13,17H,4-5,8-9,14H2,1-3H3/b7-6+. The van der Waals surface area contributed by atoms with Gasteiger partial charge in [-0.25, -0.2) is 4.79 Å². The first-order valence-electron chi connectivity index (χ1n) is 8.90. The first-order chi connectivity index (χ1) is 12.1. The number of benzene rings is 1. The summed E-state index contributed by atoms with van der Waals surface area (Å²) in [7, 11) is 0. The van der Waals surface area contributed by atoms with Crippen molar-refractivity contribution < 1.29 is 22.7 Å². The number of amides is 1. The number of nitrogens with zero attached hydrogens (tertiary/aromatic N) is 1. The van der Waals surface area contributed by atoms with Gasteiger partial charge in [-0.1, -0.05) is 24.3 Å². The van der Waals surface area contributed by atoms with Gasteiger partial charge in [-0.2, -0.15) is 13.2 Å². The van der Waals surface area contributed by atoms with Crippen LogP contribution in [0.15, 0.2) is 30.3 Å². The molecule has 1 fully saturated rings. The normalized spacial score (nSPS) is 19.0. The molecule has 1 atom stereocenters. The number of hydrogen-bond donors (Lipinski definition) is 0. The molecule has 0 spiro atoms. The second-order valence-electron chi connectivity index (χ2n) is 7.58. The minimum Gasteiger partial charge on any atom is -0.444 e. The Balaban J connectivity index is 1.97. The lowest BCUT2D eigenvalue weighted by Crippen LogP contribution is -2.45. The molecule has 1 aromatic carbocycles. The van der Waals surface area contributed by atoms with Crippen molar-refractivity contribution in [3.05, 3.63) is 41.5 Å². The largest absolute Gasteiger partial charge is 0.444 e. The second-order valence-corrected chi connectivity index (χ2v) is 7.58. The van der Waals surface area contributed by atoms with E-state index in [1.165, 1.54) is 12.1 Å². The molecule has 6 heteroatoms. The van der Waals surface area contributed by atoms with Gasteiger partial charge >= 0.3 is 12.3 Å². The summed E-state index contributed by atoms with van der Waals surface area (Å²) in [5, 5.41) is 0. The lowest BCUT2D eigenvalue weighted by atomic mass is 9.99. The highest BCUT2D eigenvalue weighted by Crippen LogP contribution is 2.29. The fourth-order valence-corrected chi connectivity index (χ4v) is 2.95. The average Bonchev–Trinajstić information content (AvgIpc) is 2.53. The number of ether oxygens (including phenoxy) is 1. The lowest BCUT2D eigenvalue weighted by Gasteiger charge is -2.36. The number of carbonyl (C=O) groups is 1.